The highest BCUT2D eigenvalue weighted by Crippen LogP contribution is 2.27. The van der Waals surface area contributed by atoms with Gasteiger partial charge in [-0.2, -0.15) is 0 Å². The van der Waals surface area contributed by atoms with E-state index < -0.39 is 0 Å². The summed E-state index contributed by atoms with van der Waals surface area (Å²) in [6.07, 6.45) is 10.2. The first-order valence-electron chi connectivity index (χ1n) is 10.0. The first-order valence-corrected chi connectivity index (χ1v) is 10.0. The molecule has 0 radical (unpaired) electrons. The molecule has 0 aliphatic carbocycles. The van der Waals surface area contributed by atoms with Crippen LogP contribution in [0.4, 0.5) is 0 Å². The van der Waals surface area contributed by atoms with Gasteiger partial charge in [0.25, 0.3) is 0 Å². The smallest absolute Gasteiger partial charge is 0.146 e. The normalized spacial score (nSPS) is 22.6. The molecule has 6 heteroatoms. The van der Waals surface area contributed by atoms with Crippen molar-refractivity contribution < 1.29 is 0 Å². The van der Waals surface area contributed by atoms with Gasteiger partial charge in [-0.1, -0.05) is 12.5 Å². The molecule has 1 atom stereocenters. The van der Waals surface area contributed by atoms with Crippen molar-refractivity contribution in [3.63, 3.8) is 0 Å². The van der Waals surface area contributed by atoms with Gasteiger partial charge in [0.2, 0.25) is 0 Å². The SMILES string of the molecule is Cn1c(CN2CCCCC2)nnc1[C@@H]1CCCN(Cc2cccnc2)C1. The fourth-order valence-electron chi connectivity index (χ4n) is 4.35. The van der Waals surface area contributed by atoms with Crippen LogP contribution in [0.3, 0.4) is 0 Å². The van der Waals surface area contributed by atoms with Gasteiger partial charge in [-0.15, -0.1) is 10.2 Å². The van der Waals surface area contributed by atoms with Gasteiger partial charge in [0.1, 0.15) is 11.6 Å². The van der Waals surface area contributed by atoms with E-state index in [1.54, 1.807) is 0 Å². The van der Waals surface area contributed by atoms with Gasteiger partial charge in [-0.05, 0) is 56.9 Å². The predicted molar refractivity (Wildman–Crippen MR) is 102 cm³/mol. The molecule has 0 N–H and O–H groups in total. The topological polar surface area (TPSA) is 50.1 Å². The van der Waals surface area contributed by atoms with Crippen LogP contribution in [-0.2, 0) is 20.1 Å². The lowest BCUT2D eigenvalue weighted by molar-refractivity contribution is 0.194. The molecule has 2 aromatic heterocycles. The maximum atomic E-state index is 4.59. The number of pyridine rings is 1. The van der Waals surface area contributed by atoms with Crippen molar-refractivity contribution in [3.8, 4) is 0 Å². The molecule has 0 bridgehead atoms. The standard InChI is InChI=1S/C20H30N6/c1-24-19(16-25-10-3-2-4-11-25)22-23-20(24)18-8-6-12-26(15-18)14-17-7-5-9-21-13-17/h5,7,9,13,18H,2-4,6,8,10-12,14-16H2,1H3/t18-/m1/s1. The van der Waals surface area contributed by atoms with Gasteiger partial charge < -0.3 is 4.57 Å². The van der Waals surface area contributed by atoms with Gasteiger partial charge in [0.15, 0.2) is 0 Å². The van der Waals surface area contributed by atoms with E-state index in [-0.39, 0.29) is 0 Å². The van der Waals surface area contributed by atoms with E-state index in [4.69, 9.17) is 0 Å². The molecule has 4 rings (SSSR count). The Kier molecular flexibility index (Phi) is 5.60. The fourth-order valence-corrected chi connectivity index (χ4v) is 4.35. The zero-order chi connectivity index (χ0) is 17.8. The predicted octanol–water partition coefficient (Wildman–Crippen LogP) is 2.58. The number of nitrogens with zero attached hydrogens (tertiary/aromatic N) is 6. The van der Waals surface area contributed by atoms with E-state index in [0.717, 1.165) is 37.8 Å². The van der Waals surface area contributed by atoms with Crippen LogP contribution >= 0.6 is 0 Å². The van der Waals surface area contributed by atoms with Gasteiger partial charge in [-0.3, -0.25) is 14.8 Å². The van der Waals surface area contributed by atoms with Crippen molar-refractivity contribution in [3.05, 3.63) is 41.7 Å². The Morgan fingerprint density at radius 3 is 2.65 bits per heavy atom. The maximum absolute atomic E-state index is 4.59. The Morgan fingerprint density at radius 2 is 1.85 bits per heavy atom. The molecule has 2 fully saturated rings. The number of piperidine rings is 2. The lowest BCUT2D eigenvalue weighted by Gasteiger charge is -2.32. The molecule has 2 aliphatic heterocycles. The second-order valence-corrected chi connectivity index (χ2v) is 7.81. The van der Waals surface area contributed by atoms with Crippen LogP contribution in [0.5, 0.6) is 0 Å². The van der Waals surface area contributed by atoms with Gasteiger partial charge in [-0.25, -0.2) is 0 Å². The van der Waals surface area contributed by atoms with E-state index in [9.17, 15) is 0 Å². The summed E-state index contributed by atoms with van der Waals surface area (Å²) in [4.78, 5) is 9.30. The molecule has 0 aromatic carbocycles. The summed E-state index contributed by atoms with van der Waals surface area (Å²) >= 11 is 0. The number of likely N-dealkylation sites (tertiary alicyclic amines) is 2. The van der Waals surface area contributed by atoms with Crippen LogP contribution in [0.2, 0.25) is 0 Å². The van der Waals surface area contributed by atoms with Gasteiger partial charge in [0.05, 0.1) is 6.54 Å². The van der Waals surface area contributed by atoms with Crippen molar-refractivity contribution in [1.82, 2.24) is 29.5 Å². The summed E-state index contributed by atoms with van der Waals surface area (Å²) in [5, 5.41) is 9.13. The van der Waals surface area contributed by atoms with Crippen LogP contribution in [0.25, 0.3) is 0 Å². The summed E-state index contributed by atoms with van der Waals surface area (Å²) in [7, 11) is 2.15. The minimum Gasteiger partial charge on any atom is -0.317 e. The van der Waals surface area contributed by atoms with Crippen molar-refractivity contribution in [2.24, 2.45) is 7.05 Å². The summed E-state index contributed by atoms with van der Waals surface area (Å²) in [6.45, 7) is 6.53. The molecular weight excluding hydrogens is 324 g/mol. The van der Waals surface area contributed by atoms with E-state index in [0.29, 0.717) is 5.92 Å². The molecule has 2 aromatic rings. The molecule has 26 heavy (non-hydrogen) atoms. The Hall–Kier alpha value is -1.79. The second-order valence-electron chi connectivity index (χ2n) is 7.81. The Morgan fingerprint density at radius 1 is 1.00 bits per heavy atom. The van der Waals surface area contributed by atoms with Crippen molar-refractivity contribution in [2.75, 3.05) is 26.2 Å². The van der Waals surface area contributed by atoms with Crippen LogP contribution in [0.1, 0.15) is 55.2 Å². The quantitative estimate of drug-likeness (QED) is 0.826. The molecule has 6 nitrogen and oxygen atoms in total. The highest BCUT2D eigenvalue weighted by molar-refractivity contribution is 5.09. The van der Waals surface area contributed by atoms with E-state index in [2.05, 4.69) is 42.7 Å². The lowest BCUT2D eigenvalue weighted by Crippen LogP contribution is -2.35. The van der Waals surface area contributed by atoms with E-state index >= 15 is 0 Å². The lowest BCUT2D eigenvalue weighted by atomic mass is 9.97. The third-order valence-electron chi connectivity index (χ3n) is 5.81. The van der Waals surface area contributed by atoms with Crippen LogP contribution in [-0.4, -0.2) is 55.7 Å². The third kappa shape index (κ3) is 4.13. The minimum atomic E-state index is 0.480. The largest absolute Gasteiger partial charge is 0.317 e. The summed E-state index contributed by atoms with van der Waals surface area (Å²) < 4.78 is 2.26. The highest BCUT2D eigenvalue weighted by Gasteiger charge is 2.26. The average Bonchev–Trinajstić information content (AvgIpc) is 3.04. The van der Waals surface area contributed by atoms with Gasteiger partial charge >= 0.3 is 0 Å². The third-order valence-corrected chi connectivity index (χ3v) is 5.81. The number of aromatic nitrogens is 4. The van der Waals surface area contributed by atoms with Crippen molar-refractivity contribution in [2.45, 2.75) is 51.1 Å². The summed E-state index contributed by atoms with van der Waals surface area (Å²) in [5.41, 5.74) is 1.29. The fraction of sp³-hybridized carbons (Fsp3) is 0.650. The molecule has 0 spiro atoms. The molecule has 0 unspecified atom stereocenters. The van der Waals surface area contributed by atoms with E-state index in [1.807, 2.05) is 18.5 Å². The minimum absolute atomic E-state index is 0.480. The monoisotopic (exact) mass is 354 g/mol. The van der Waals surface area contributed by atoms with Crippen LogP contribution in [0, 0.1) is 0 Å². The maximum Gasteiger partial charge on any atom is 0.146 e. The Bertz CT molecular complexity index is 692. The number of hydrogen-bond donors (Lipinski definition) is 0. The molecule has 140 valence electrons. The van der Waals surface area contributed by atoms with E-state index in [1.165, 1.54) is 50.8 Å². The average molecular weight is 355 g/mol. The van der Waals surface area contributed by atoms with Crippen molar-refractivity contribution in [1.29, 1.82) is 0 Å². The first kappa shape index (κ1) is 17.6. The molecular formula is C20H30N6. The Balaban J connectivity index is 1.40. The summed E-state index contributed by atoms with van der Waals surface area (Å²) in [6, 6.07) is 4.18. The van der Waals surface area contributed by atoms with Crippen LogP contribution < -0.4 is 0 Å². The molecule has 2 aliphatic rings. The molecule has 2 saturated heterocycles. The second kappa shape index (κ2) is 8.27. The van der Waals surface area contributed by atoms with Crippen molar-refractivity contribution >= 4 is 0 Å². The molecule has 4 heterocycles. The summed E-state index contributed by atoms with van der Waals surface area (Å²) in [5.74, 6) is 2.76. The Labute approximate surface area is 156 Å². The first-order chi connectivity index (χ1) is 12.8. The van der Waals surface area contributed by atoms with Gasteiger partial charge in [0, 0.05) is 38.4 Å². The number of hydrogen-bond acceptors (Lipinski definition) is 5. The zero-order valence-corrected chi connectivity index (χ0v) is 15.8. The molecule has 0 saturated carbocycles. The number of rotatable bonds is 5. The zero-order valence-electron chi connectivity index (χ0n) is 15.8. The van der Waals surface area contributed by atoms with Crippen LogP contribution in [0.15, 0.2) is 24.5 Å². The molecule has 0 amide bonds. The highest BCUT2D eigenvalue weighted by atomic mass is 15.3.